The minimum Gasteiger partial charge on any atom is -0.504 e. The average molecular weight is 499 g/mol. The number of aliphatic hydroxyl groups is 1. The van der Waals surface area contributed by atoms with E-state index in [9.17, 15) is 19.8 Å². The van der Waals surface area contributed by atoms with Gasteiger partial charge >= 0.3 is 0 Å². The van der Waals surface area contributed by atoms with Crippen LogP contribution in [0.3, 0.4) is 0 Å². The van der Waals surface area contributed by atoms with E-state index in [1.807, 2.05) is 6.07 Å². The van der Waals surface area contributed by atoms with Gasteiger partial charge in [0.2, 0.25) is 0 Å². The fraction of sp³-hybridized carbons (Fsp3) is 0.586. The first-order valence-electron chi connectivity index (χ1n) is 13.4. The first-order valence-corrected chi connectivity index (χ1v) is 13.4. The highest BCUT2D eigenvalue weighted by atomic mass is 16.5. The van der Waals surface area contributed by atoms with E-state index in [1.165, 1.54) is 20.0 Å². The first kappa shape index (κ1) is 27.8. The van der Waals surface area contributed by atoms with Crippen LogP contribution >= 0.6 is 0 Å². The van der Waals surface area contributed by atoms with E-state index >= 15 is 0 Å². The van der Waals surface area contributed by atoms with Crippen molar-refractivity contribution in [2.75, 3.05) is 20.3 Å². The molecule has 0 saturated heterocycles. The molecule has 0 bridgehead atoms. The third-order valence-corrected chi connectivity index (χ3v) is 7.46. The number of benzene rings is 1. The highest BCUT2D eigenvalue weighted by Crippen LogP contribution is 2.49. The maximum Gasteiger partial charge on any atom is 0.161 e. The molecule has 7 nitrogen and oxygen atoms in total. The number of nitrogens with two attached hydrogens (primary N) is 1. The Labute approximate surface area is 214 Å². The molecule has 1 aliphatic heterocycles. The monoisotopic (exact) mass is 498 g/mol. The average Bonchev–Trinajstić information content (AvgIpc) is 2.87. The summed E-state index contributed by atoms with van der Waals surface area (Å²) in [4.78, 5) is 24.7. The van der Waals surface area contributed by atoms with Crippen molar-refractivity contribution < 1.29 is 24.5 Å². The number of aromatic hydroxyl groups is 1. The summed E-state index contributed by atoms with van der Waals surface area (Å²) in [7, 11) is 1.50. The van der Waals surface area contributed by atoms with E-state index in [4.69, 9.17) is 10.5 Å². The lowest BCUT2D eigenvalue weighted by molar-refractivity contribution is -0.127. The molecule has 2 atom stereocenters. The van der Waals surface area contributed by atoms with Gasteiger partial charge in [-0.15, -0.1) is 0 Å². The largest absolute Gasteiger partial charge is 0.504 e. The molecule has 0 aromatic heterocycles. The van der Waals surface area contributed by atoms with Crippen molar-refractivity contribution in [1.29, 1.82) is 0 Å². The molecule has 2 unspecified atom stereocenters. The summed E-state index contributed by atoms with van der Waals surface area (Å²) < 4.78 is 5.47. The van der Waals surface area contributed by atoms with Gasteiger partial charge in [0, 0.05) is 37.5 Å². The van der Waals surface area contributed by atoms with Crippen LogP contribution in [0.25, 0.3) is 0 Å². The topological polar surface area (TPSA) is 122 Å². The molecule has 0 spiro atoms. The summed E-state index contributed by atoms with van der Waals surface area (Å²) in [6, 6.07) is 3.66. The van der Waals surface area contributed by atoms with E-state index < -0.39 is 0 Å². The number of nitrogens with one attached hydrogen (secondary N) is 1. The zero-order valence-corrected chi connectivity index (χ0v) is 21.8. The second kappa shape index (κ2) is 13.5. The number of phenols is 1. The van der Waals surface area contributed by atoms with Gasteiger partial charge in [-0.2, -0.15) is 0 Å². The number of carbonyl (C=O) groups is 2. The van der Waals surface area contributed by atoms with Gasteiger partial charge in [0.15, 0.2) is 11.5 Å². The molecule has 1 aromatic rings. The van der Waals surface area contributed by atoms with E-state index in [-0.39, 0.29) is 48.6 Å². The molecule has 198 valence electrons. The van der Waals surface area contributed by atoms with Crippen molar-refractivity contribution in [3.05, 3.63) is 46.3 Å². The summed E-state index contributed by atoms with van der Waals surface area (Å²) in [5.41, 5.74) is 9.83. The molecule has 1 aliphatic carbocycles. The number of ether oxygens (including phenoxy) is 1. The number of Topliss-reactive ketones (excluding diaryl/α,β-unsaturated/α-hetero) is 2. The molecule has 1 aromatic carbocycles. The number of fused-ring (bicyclic) bond motifs is 1. The molecule has 1 fully saturated rings. The van der Waals surface area contributed by atoms with Crippen LogP contribution in [0.1, 0.15) is 88.2 Å². The molecular formula is C29H42N2O5. The standard InChI is InChI=1S/C29H42N2O5/c1-3-4-5-6-7-8-21(33)17-22(34)11-9-19-15-25(28(35)26(16-19)36-2)27-20(18-32)10-12-24-23(27)13-14-31-29(24)30/h13,15-16,20,27,31-32,35H,3-12,14,17-18,30H2,1-2H3. The molecule has 5 N–H and O–H groups in total. The predicted molar refractivity (Wildman–Crippen MR) is 141 cm³/mol. The van der Waals surface area contributed by atoms with E-state index in [2.05, 4.69) is 18.3 Å². The molecule has 2 aliphatic rings. The van der Waals surface area contributed by atoms with Crippen LogP contribution in [-0.2, 0) is 16.0 Å². The summed E-state index contributed by atoms with van der Waals surface area (Å²) >= 11 is 0. The lowest BCUT2D eigenvalue weighted by Gasteiger charge is -2.38. The lowest BCUT2D eigenvalue weighted by atomic mass is 9.69. The van der Waals surface area contributed by atoms with Gasteiger partial charge in [-0.05, 0) is 54.4 Å². The Bertz CT molecular complexity index is 998. The van der Waals surface area contributed by atoms with Gasteiger partial charge < -0.3 is 26.0 Å². The quantitative estimate of drug-likeness (QED) is 0.221. The molecule has 7 heteroatoms. The molecule has 0 radical (unpaired) electrons. The third-order valence-electron chi connectivity index (χ3n) is 7.46. The van der Waals surface area contributed by atoms with Crippen LogP contribution in [0.15, 0.2) is 35.2 Å². The second-order valence-electron chi connectivity index (χ2n) is 10.0. The number of methoxy groups -OCH3 is 1. The Morgan fingerprint density at radius 1 is 1.14 bits per heavy atom. The number of dihydropyridines is 1. The van der Waals surface area contributed by atoms with Gasteiger partial charge in [-0.3, -0.25) is 9.59 Å². The number of hydrogen-bond acceptors (Lipinski definition) is 7. The van der Waals surface area contributed by atoms with E-state index in [1.54, 1.807) is 6.07 Å². The summed E-state index contributed by atoms with van der Waals surface area (Å²) in [6.07, 6.45) is 10.1. The zero-order valence-electron chi connectivity index (χ0n) is 21.8. The normalized spacial score (nSPS) is 19.4. The van der Waals surface area contributed by atoms with Crippen molar-refractivity contribution >= 4 is 11.6 Å². The number of rotatable bonds is 14. The SMILES string of the molecule is CCCCCCCC(=O)CC(=O)CCc1cc(OC)c(O)c(C2C3=CCNC(N)=C3CCC2CO)c1. The van der Waals surface area contributed by atoms with Crippen molar-refractivity contribution in [3.8, 4) is 11.5 Å². The minimum atomic E-state index is -0.224. The number of aryl methyl sites for hydroxylation is 1. The van der Waals surface area contributed by atoms with Gasteiger partial charge in [-0.25, -0.2) is 0 Å². The van der Waals surface area contributed by atoms with Gasteiger partial charge in [0.25, 0.3) is 0 Å². The number of phenolic OH excluding ortho intramolecular Hbond substituents is 1. The van der Waals surface area contributed by atoms with E-state index in [0.29, 0.717) is 36.5 Å². The van der Waals surface area contributed by atoms with Crippen LogP contribution in [0.2, 0.25) is 0 Å². The molecule has 36 heavy (non-hydrogen) atoms. The Kier molecular flexibility index (Phi) is 10.4. The van der Waals surface area contributed by atoms with E-state index in [0.717, 1.165) is 48.8 Å². The number of ketones is 2. The third kappa shape index (κ3) is 6.90. The van der Waals surface area contributed by atoms with Crippen molar-refractivity contribution in [1.82, 2.24) is 5.32 Å². The Balaban J connectivity index is 1.72. The Morgan fingerprint density at radius 2 is 1.89 bits per heavy atom. The molecular weight excluding hydrogens is 456 g/mol. The number of aliphatic hydroxyl groups excluding tert-OH is 1. The minimum absolute atomic E-state index is 0.00630. The molecule has 1 heterocycles. The lowest BCUT2D eigenvalue weighted by Crippen LogP contribution is -2.33. The van der Waals surface area contributed by atoms with Crippen LogP contribution in [0, 0.1) is 5.92 Å². The molecule has 1 saturated carbocycles. The van der Waals surface area contributed by atoms with Crippen molar-refractivity contribution in [2.45, 2.75) is 83.5 Å². The van der Waals surface area contributed by atoms with Gasteiger partial charge in [-0.1, -0.05) is 44.7 Å². The summed E-state index contributed by atoms with van der Waals surface area (Å²) in [5.74, 6) is 0.709. The number of allylic oxidation sites excluding steroid dienone is 2. The van der Waals surface area contributed by atoms with Gasteiger partial charge in [0.1, 0.15) is 11.6 Å². The van der Waals surface area contributed by atoms with Crippen LogP contribution in [0.5, 0.6) is 11.5 Å². The number of carbonyl (C=O) groups excluding carboxylic acids is 2. The number of unbranched alkanes of at least 4 members (excludes halogenated alkanes) is 4. The fourth-order valence-electron chi connectivity index (χ4n) is 5.45. The maximum absolute atomic E-state index is 12.5. The highest BCUT2D eigenvalue weighted by molar-refractivity contribution is 5.99. The zero-order chi connectivity index (χ0) is 26.1. The van der Waals surface area contributed by atoms with Crippen LogP contribution < -0.4 is 15.8 Å². The van der Waals surface area contributed by atoms with Crippen molar-refractivity contribution in [2.24, 2.45) is 11.7 Å². The highest BCUT2D eigenvalue weighted by Gasteiger charge is 2.37. The van der Waals surface area contributed by atoms with Crippen molar-refractivity contribution in [3.63, 3.8) is 0 Å². The Morgan fingerprint density at radius 3 is 2.61 bits per heavy atom. The Hall–Kier alpha value is -2.80. The predicted octanol–water partition coefficient (Wildman–Crippen LogP) is 4.41. The first-order chi connectivity index (χ1) is 17.4. The maximum atomic E-state index is 12.5. The molecule has 3 rings (SSSR count). The van der Waals surface area contributed by atoms with Crippen LogP contribution in [-0.4, -0.2) is 42.0 Å². The fourth-order valence-corrected chi connectivity index (χ4v) is 5.45. The van der Waals surface area contributed by atoms with Gasteiger partial charge in [0.05, 0.1) is 19.4 Å². The number of hydrogen-bond donors (Lipinski definition) is 4. The van der Waals surface area contributed by atoms with Crippen LogP contribution in [0.4, 0.5) is 0 Å². The molecule has 0 amide bonds. The summed E-state index contributed by atoms with van der Waals surface area (Å²) in [5, 5.41) is 24.4. The summed E-state index contributed by atoms with van der Waals surface area (Å²) in [6.45, 7) is 2.75. The smallest absolute Gasteiger partial charge is 0.161 e. The second-order valence-corrected chi connectivity index (χ2v) is 10.0.